The van der Waals surface area contributed by atoms with Gasteiger partial charge in [0.1, 0.15) is 5.82 Å². The molecule has 0 heterocycles. The van der Waals surface area contributed by atoms with Gasteiger partial charge in [0.25, 0.3) is 0 Å². The predicted molar refractivity (Wildman–Crippen MR) is 77.2 cm³/mol. The van der Waals surface area contributed by atoms with Crippen LogP contribution >= 0.6 is 11.6 Å². The van der Waals surface area contributed by atoms with Gasteiger partial charge in [0.15, 0.2) is 0 Å². The van der Waals surface area contributed by atoms with Gasteiger partial charge in [-0.15, -0.1) is 0 Å². The van der Waals surface area contributed by atoms with Crippen molar-refractivity contribution in [1.82, 2.24) is 0 Å². The van der Waals surface area contributed by atoms with E-state index >= 15 is 0 Å². The Kier molecular flexibility index (Phi) is 3.43. The van der Waals surface area contributed by atoms with Crippen molar-refractivity contribution in [3.8, 4) is 0 Å². The zero-order chi connectivity index (χ0) is 13.2. The second-order valence-corrected chi connectivity index (χ2v) is 5.42. The lowest BCUT2D eigenvalue weighted by atomic mass is 9.76. The van der Waals surface area contributed by atoms with Crippen LogP contribution < -0.4 is 5.32 Å². The summed E-state index contributed by atoms with van der Waals surface area (Å²) in [6.07, 6.45) is 2.04. The summed E-state index contributed by atoms with van der Waals surface area (Å²) < 4.78 is 13.6. The normalized spacial score (nSPS) is 21.8. The summed E-state index contributed by atoms with van der Waals surface area (Å²) in [5.74, 6) is 0.292. The topological polar surface area (TPSA) is 12.0 Å². The summed E-state index contributed by atoms with van der Waals surface area (Å²) >= 11 is 6.01. The van der Waals surface area contributed by atoms with Gasteiger partial charge >= 0.3 is 0 Å². The van der Waals surface area contributed by atoms with Crippen molar-refractivity contribution in [2.45, 2.75) is 24.8 Å². The molecule has 2 aromatic rings. The Hall–Kier alpha value is -1.54. The number of anilines is 1. The second kappa shape index (κ2) is 5.22. The fraction of sp³-hybridized carbons (Fsp3) is 0.250. The van der Waals surface area contributed by atoms with Crippen LogP contribution in [0.25, 0.3) is 0 Å². The molecule has 19 heavy (non-hydrogen) atoms. The van der Waals surface area contributed by atoms with Gasteiger partial charge in [-0.3, -0.25) is 0 Å². The van der Waals surface area contributed by atoms with Crippen molar-refractivity contribution in [3.63, 3.8) is 0 Å². The average Bonchev–Trinajstić information content (AvgIpc) is 2.37. The number of hydrogen-bond donors (Lipinski definition) is 1. The largest absolute Gasteiger partial charge is 0.379 e. The van der Waals surface area contributed by atoms with E-state index in [1.807, 2.05) is 6.07 Å². The number of benzene rings is 2. The third-order valence-corrected chi connectivity index (χ3v) is 4.04. The van der Waals surface area contributed by atoms with E-state index in [0.29, 0.717) is 22.7 Å². The monoisotopic (exact) mass is 275 g/mol. The highest BCUT2D eigenvalue weighted by molar-refractivity contribution is 6.33. The molecule has 0 unspecified atom stereocenters. The molecule has 0 atom stereocenters. The molecule has 1 fully saturated rings. The number of nitrogens with one attached hydrogen (secondary N) is 1. The first-order chi connectivity index (χ1) is 9.24. The van der Waals surface area contributed by atoms with Crippen molar-refractivity contribution in [2.75, 3.05) is 5.32 Å². The summed E-state index contributed by atoms with van der Waals surface area (Å²) in [7, 11) is 0. The van der Waals surface area contributed by atoms with Gasteiger partial charge in [0.2, 0.25) is 0 Å². The fourth-order valence-electron chi connectivity index (χ4n) is 2.57. The average molecular weight is 276 g/mol. The van der Waals surface area contributed by atoms with E-state index in [1.165, 1.54) is 11.6 Å². The van der Waals surface area contributed by atoms with E-state index in [-0.39, 0.29) is 5.82 Å². The van der Waals surface area contributed by atoms with Crippen molar-refractivity contribution in [1.29, 1.82) is 0 Å². The Morgan fingerprint density at radius 3 is 2.42 bits per heavy atom. The minimum Gasteiger partial charge on any atom is -0.379 e. The minimum atomic E-state index is -0.282. The smallest absolute Gasteiger partial charge is 0.147 e. The molecule has 2 aromatic carbocycles. The standard InChI is InChI=1S/C16H15ClFN/c17-14-7-4-8-15(18)16(14)19-13-9-12(10-13)11-5-2-1-3-6-11/h1-8,12-13,19H,9-10H2. The maximum atomic E-state index is 13.6. The van der Waals surface area contributed by atoms with Crippen LogP contribution in [-0.2, 0) is 0 Å². The Bertz CT molecular complexity index is 544. The predicted octanol–water partition coefficient (Wildman–Crippen LogP) is 4.84. The molecule has 1 aliphatic rings. The van der Waals surface area contributed by atoms with Gasteiger partial charge in [-0.2, -0.15) is 0 Å². The molecule has 3 rings (SSSR count). The van der Waals surface area contributed by atoms with Gasteiger partial charge < -0.3 is 5.32 Å². The van der Waals surface area contributed by atoms with E-state index in [0.717, 1.165) is 12.8 Å². The molecule has 0 aliphatic heterocycles. The lowest BCUT2D eigenvalue weighted by Gasteiger charge is -2.37. The molecule has 1 saturated carbocycles. The number of rotatable bonds is 3. The first-order valence-corrected chi connectivity index (χ1v) is 6.87. The first-order valence-electron chi connectivity index (χ1n) is 6.49. The summed E-state index contributed by atoms with van der Waals surface area (Å²) in [5.41, 5.74) is 1.79. The zero-order valence-electron chi connectivity index (χ0n) is 10.4. The first kappa shape index (κ1) is 12.5. The summed E-state index contributed by atoms with van der Waals surface area (Å²) in [6.45, 7) is 0. The highest BCUT2D eigenvalue weighted by atomic mass is 35.5. The van der Waals surface area contributed by atoms with E-state index in [1.54, 1.807) is 12.1 Å². The molecule has 0 aromatic heterocycles. The molecule has 98 valence electrons. The van der Waals surface area contributed by atoms with Crippen LogP contribution in [0.15, 0.2) is 48.5 Å². The van der Waals surface area contributed by atoms with Crippen LogP contribution in [0, 0.1) is 5.82 Å². The van der Waals surface area contributed by atoms with Crippen LogP contribution in [0.2, 0.25) is 5.02 Å². The molecule has 0 bridgehead atoms. The van der Waals surface area contributed by atoms with E-state index in [4.69, 9.17) is 11.6 Å². The fourth-order valence-corrected chi connectivity index (χ4v) is 2.79. The molecule has 1 N–H and O–H groups in total. The maximum absolute atomic E-state index is 13.6. The molecular formula is C16H15ClFN. The Morgan fingerprint density at radius 1 is 1.00 bits per heavy atom. The highest BCUT2D eigenvalue weighted by Gasteiger charge is 2.30. The molecule has 1 nitrogen and oxygen atoms in total. The van der Waals surface area contributed by atoms with Crippen molar-refractivity contribution >= 4 is 17.3 Å². The van der Waals surface area contributed by atoms with E-state index in [2.05, 4.69) is 29.6 Å². The molecule has 0 radical (unpaired) electrons. The Labute approximate surface area is 117 Å². The molecule has 3 heteroatoms. The van der Waals surface area contributed by atoms with Crippen molar-refractivity contribution in [2.24, 2.45) is 0 Å². The molecule has 0 saturated heterocycles. The third kappa shape index (κ3) is 2.59. The van der Waals surface area contributed by atoms with Crippen LogP contribution in [0.1, 0.15) is 24.3 Å². The van der Waals surface area contributed by atoms with E-state index < -0.39 is 0 Å². The summed E-state index contributed by atoms with van der Waals surface area (Å²) in [4.78, 5) is 0. The van der Waals surface area contributed by atoms with Crippen LogP contribution in [0.5, 0.6) is 0 Å². The number of halogens is 2. The van der Waals surface area contributed by atoms with Gasteiger partial charge in [0.05, 0.1) is 10.7 Å². The molecular weight excluding hydrogens is 261 g/mol. The highest BCUT2D eigenvalue weighted by Crippen LogP contribution is 2.39. The second-order valence-electron chi connectivity index (χ2n) is 5.02. The van der Waals surface area contributed by atoms with Gasteiger partial charge in [-0.05, 0) is 36.5 Å². The number of hydrogen-bond acceptors (Lipinski definition) is 1. The minimum absolute atomic E-state index is 0.282. The SMILES string of the molecule is Fc1cccc(Cl)c1NC1CC(c2ccccc2)C1. The molecule has 1 aliphatic carbocycles. The Morgan fingerprint density at radius 2 is 1.74 bits per heavy atom. The van der Waals surface area contributed by atoms with Gasteiger partial charge in [-0.25, -0.2) is 4.39 Å². The molecule has 0 spiro atoms. The van der Waals surface area contributed by atoms with E-state index in [9.17, 15) is 4.39 Å². The third-order valence-electron chi connectivity index (χ3n) is 3.72. The maximum Gasteiger partial charge on any atom is 0.147 e. The lowest BCUT2D eigenvalue weighted by Crippen LogP contribution is -2.34. The quantitative estimate of drug-likeness (QED) is 0.845. The van der Waals surface area contributed by atoms with Crippen LogP contribution in [0.4, 0.5) is 10.1 Å². The van der Waals surface area contributed by atoms with Crippen LogP contribution in [-0.4, -0.2) is 6.04 Å². The Balaban J connectivity index is 1.63. The van der Waals surface area contributed by atoms with Crippen molar-refractivity contribution < 1.29 is 4.39 Å². The lowest BCUT2D eigenvalue weighted by molar-refractivity contribution is 0.373. The summed E-state index contributed by atoms with van der Waals surface area (Å²) in [5, 5.41) is 3.66. The summed E-state index contributed by atoms with van der Waals surface area (Å²) in [6, 6.07) is 15.5. The molecule has 0 amide bonds. The van der Waals surface area contributed by atoms with Crippen molar-refractivity contribution in [3.05, 3.63) is 64.9 Å². The zero-order valence-corrected chi connectivity index (χ0v) is 11.2. The van der Waals surface area contributed by atoms with Gasteiger partial charge in [-0.1, -0.05) is 48.0 Å². The van der Waals surface area contributed by atoms with Gasteiger partial charge in [0, 0.05) is 6.04 Å². The van der Waals surface area contributed by atoms with Crippen LogP contribution in [0.3, 0.4) is 0 Å². The number of para-hydroxylation sites is 1.